The number of aliphatic hydroxyl groups excluding tert-OH is 4. The van der Waals surface area contributed by atoms with Crippen LogP contribution < -0.4 is 35.6 Å². The molecule has 630 valence electrons. The second-order valence-electron chi connectivity index (χ2n) is 28.3. The average molecular weight is 1770 g/mol. The topological polar surface area (TPSA) is 386 Å². The molecule has 31 nitrogen and oxygen atoms in total. The normalized spacial score (nSPS) is 29.8. The number of nitrogens with one attached hydrogen (secondary N) is 4. The van der Waals surface area contributed by atoms with Crippen LogP contribution in [0.1, 0.15) is 93.8 Å². The average Bonchev–Trinajstić information content (AvgIpc) is 1.73. The van der Waals surface area contributed by atoms with Gasteiger partial charge < -0.3 is 107 Å². The van der Waals surface area contributed by atoms with Gasteiger partial charge in [0.05, 0.1) is 130 Å². The number of rotatable bonds is 35. The molecule has 4 heterocycles. The standard InChI is InChI=1S/C80H104IN5O26S3/c1-13-86(39-58(89)82-29-31-102-33-34-103-32-30-83-78(94)105-40-51-49-24-19-17-22-47(49)48-23-18-20-25-50(48)51)53-41-104-59(37-57(53)97-8)110-72-67(91)64(44(5)107-77(72)109-56-26-16-14-15-21-28-80(96)38-55(88)65(84-79(95)101-12)62(56)52(80)27-35-113-115-42(2)3)85-112-60-36-54(87)74(46(7)106-60)114-75(93)61-43(4)63(81)70(73(100-11)69(61)98-9)111-76-68(92)71(99-10)66(90)45(6)108-76/h14-15,17-20,22-25,27,42,44-46,51,53-54,56-57,59-60,64,66-68,71-72,74,76-77,85,87,90-92,96H,13,29-41H2,1-12H3,(H,82,89)(H,83,94)(H,84,95)/b15-14+,52-27+/t44-,45+,46-,53+,54+,56+,57+,59+,60+,64-,66+,67+,68-,71-,72-,74-,76+,77+,80+/m1/s1. The van der Waals surface area contributed by atoms with Gasteiger partial charge >= 0.3 is 12.2 Å². The Morgan fingerprint density at radius 3 is 2.10 bits per heavy atom. The Hall–Kier alpha value is -6.19. The number of methoxy groups -OCH3 is 5. The smallest absolute Gasteiger partial charge is 0.411 e. The number of Topliss-reactive ketones (excluding diaryl/α,β-unsaturated/α-hetero) is 1. The lowest BCUT2D eigenvalue weighted by Crippen LogP contribution is -2.65. The molecule has 7 aliphatic rings. The van der Waals surface area contributed by atoms with Crippen molar-refractivity contribution in [2.75, 3.05) is 107 Å². The van der Waals surface area contributed by atoms with E-state index in [0.717, 1.165) is 41.1 Å². The van der Waals surface area contributed by atoms with Crippen LogP contribution in [0.15, 0.2) is 83.6 Å². The van der Waals surface area contributed by atoms with Gasteiger partial charge in [-0.25, -0.2) is 9.59 Å². The van der Waals surface area contributed by atoms with Gasteiger partial charge in [0.1, 0.15) is 43.2 Å². The van der Waals surface area contributed by atoms with Crippen LogP contribution in [0.25, 0.3) is 11.1 Å². The highest BCUT2D eigenvalue weighted by Gasteiger charge is 2.53. The first-order valence-electron chi connectivity index (χ1n) is 38.0. The number of hydrogen-bond acceptors (Lipinski definition) is 31. The third-order valence-corrected chi connectivity index (χ3v) is 25.9. The molecule has 0 unspecified atom stereocenters. The minimum atomic E-state index is -2.12. The van der Waals surface area contributed by atoms with E-state index in [0.29, 0.717) is 21.4 Å². The van der Waals surface area contributed by atoms with Crippen LogP contribution in [-0.4, -0.2) is 287 Å². The number of benzene rings is 3. The van der Waals surface area contributed by atoms with Crippen molar-refractivity contribution in [1.29, 1.82) is 0 Å². The summed E-state index contributed by atoms with van der Waals surface area (Å²) in [5.41, 5.74) is 5.61. The van der Waals surface area contributed by atoms with E-state index in [2.05, 4.69) is 69.4 Å². The molecule has 0 spiro atoms. The maximum atomic E-state index is 14.6. The summed E-state index contributed by atoms with van der Waals surface area (Å²) in [6.45, 7) is 14.4. The fourth-order valence-electron chi connectivity index (χ4n) is 14.6. The summed E-state index contributed by atoms with van der Waals surface area (Å²) >= 11 is 2.80. The highest BCUT2D eigenvalue weighted by Crippen LogP contribution is 2.50. The largest absolute Gasteiger partial charge is 0.492 e. The molecule has 4 saturated heterocycles. The highest BCUT2D eigenvalue weighted by atomic mass is 127. The Labute approximate surface area is 695 Å². The molecular weight excluding hydrogens is 1670 g/mol. The summed E-state index contributed by atoms with van der Waals surface area (Å²) in [6.07, 6.45) is -15.9. The number of carbonyl (C=O) groups is 5. The number of carbonyl (C=O) groups excluding carboxylic acids is 5. The number of alkyl carbamates (subject to hydrolysis) is 2. The Bertz CT molecular complexity index is 4040. The molecule has 2 bridgehead atoms. The number of fused-ring (bicyclic) bond motifs is 5. The number of thioether (sulfide) groups is 1. The van der Waals surface area contributed by atoms with E-state index in [-0.39, 0.29) is 129 Å². The predicted octanol–water partition coefficient (Wildman–Crippen LogP) is 5.73. The van der Waals surface area contributed by atoms with Crippen molar-refractivity contribution in [2.24, 2.45) is 0 Å². The lowest BCUT2D eigenvalue weighted by molar-refractivity contribution is -0.337. The molecule has 0 radical (unpaired) electrons. The van der Waals surface area contributed by atoms with Gasteiger partial charge in [0.2, 0.25) is 23.1 Å². The van der Waals surface area contributed by atoms with Crippen LogP contribution in [-0.2, 0) is 71.3 Å². The zero-order valence-electron chi connectivity index (χ0n) is 66.2. The number of halogens is 1. The van der Waals surface area contributed by atoms with Crippen LogP contribution in [0.3, 0.4) is 0 Å². The second-order valence-corrected chi connectivity index (χ2v) is 33.5. The molecule has 4 aliphatic heterocycles. The number of ether oxygens (including phenoxy) is 15. The van der Waals surface area contributed by atoms with E-state index in [9.17, 15) is 49.5 Å². The molecule has 3 aromatic rings. The molecule has 0 saturated carbocycles. The summed E-state index contributed by atoms with van der Waals surface area (Å²) < 4.78 is 90.8. The Kier molecular flexibility index (Phi) is 34.2. The maximum absolute atomic E-state index is 14.6. The number of nitrogens with zero attached hydrogens (tertiary/aromatic N) is 1. The van der Waals surface area contributed by atoms with Crippen LogP contribution >= 0.6 is 55.9 Å². The summed E-state index contributed by atoms with van der Waals surface area (Å²) in [5.74, 6) is 10.9. The molecule has 3 amide bonds. The molecular formula is C80H104IN5O26S3. The first kappa shape index (κ1) is 91.1. The zero-order valence-corrected chi connectivity index (χ0v) is 70.8. The van der Waals surface area contributed by atoms with Crippen molar-refractivity contribution in [1.82, 2.24) is 26.3 Å². The number of aliphatic hydroxyl groups is 5. The Morgan fingerprint density at radius 1 is 0.774 bits per heavy atom. The van der Waals surface area contributed by atoms with E-state index in [4.69, 9.17) is 75.9 Å². The number of amides is 3. The number of ketones is 1. The molecule has 19 atom stereocenters. The van der Waals surface area contributed by atoms with Crippen LogP contribution in [0.4, 0.5) is 9.59 Å². The van der Waals surface area contributed by atoms with Gasteiger partial charge in [0.15, 0.2) is 41.8 Å². The first-order chi connectivity index (χ1) is 55.3. The predicted molar refractivity (Wildman–Crippen MR) is 433 cm³/mol. The number of likely N-dealkylation sites (N-methyl/N-ethyl adjacent to an activating group) is 1. The molecule has 0 aromatic heterocycles. The molecule has 4 fully saturated rings. The number of hydrogen-bond donors (Lipinski definition) is 9. The molecule has 10 rings (SSSR count). The van der Waals surface area contributed by atoms with Crippen molar-refractivity contribution in [3.8, 4) is 52.1 Å². The number of hydroxylamine groups is 1. The molecule has 3 aromatic carbocycles. The fraction of sp³-hybridized carbons (Fsp3) is 0.588. The van der Waals surface area contributed by atoms with Crippen molar-refractivity contribution in [2.45, 2.75) is 194 Å². The number of allylic oxidation sites excluding steroid dienone is 3. The van der Waals surface area contributed by atoms with Gasteiger partial charge in [0.25, 0.3) is 0 Å². The van der Waals surface area contributed by atoms with Gasteiger partial charge in [-0.2, -0.15) is 5.48 Å². The third-order valence-electron chi connectivity index (χ3n) is 20.4. The molecule has 9 N–H and O–H groups in total. The van der Waals surface area contributed by atoms with Crippen molar-refractivity contribution >= 4 is 84.9 Å². The van der Waals surface area contributed by atoms with Crippen LogP contribution in [0.5, 0.6) is 17.2 Å². The summed E-state index contributed by atoms with van der Waals surface area (Å²) in [6, 6.07) is 14.6. The highest BCUT2D eigenvalue weighted by molar-refractivity contribution is 14.1. The first-order valence-corrected chi connectivity index (χ1v) is 42.3. The minimum absolute atomic E-state index is 0.00336. The van der Waals surface area contributed by atoms with Crippen LogP contribution in [0.2, 0.25) is 0 Å². The third kappa shape index (κ3) is 22.5. The lowest BCUT2D eigenvalue weighted by Gasteiger charge is -2.47. The monoisotopic (exact) mass is 1770 g/mol. The quantitative estimate of drug-likeness (QED) is 0.0112. The minimum Gasteiger partial charge on any atom is -0.492 e. The van der Waals surface area contributed by atoms with E-state index in [1.165, 1.54) is 51.4 Å². The summed E-state index contributed by atoms with van der Waals surface area (Å²) in [7, 11) is 9.75. The van der Waals surface area contributed by atoms with Gasteiger partial charge in [-0.1, -0.05) is 132 Å². The van der Waals surface area contributed by atoms with Crippen molar-refractivity contribution in [3.05, 3.63) is 109 Å². The van der Waals surface area contributed by atoms with Gasteiger partial charge in [-0.05, 0) is 96.8 Å². The van der Waals surface area contributed by atoms with E-state index in [1.54, 1.807) is 44.6 Å². The lowest BCUT2D eigenvalue weighted by atomic mass is 9.75. The zero-order chi connectivity index (χ0) is 82.8. The molecule has 3 aliphatic carbocycles. The summed E-state index contributed by atoms with van der Waals surface area (Å²) in [5, 5.41) is 66.1. The van der Waals surface area contributed by atoms with Gasteiger partial charge in [-0.15, -0.1) is 0 Å². The molecule has 115 heavy (non-hydrogen) atoms. The van der Waals surface area contributed by atoms with E-state index >= 15 is 0 Å². The van der Waals surface area contributed by atoms with Crippen molar-refractivity contribution < 1.29 is 125 Å². The van der Waals surface area contributed by atoms with Crippen LogP contribution in [0, 0.1) is 34.2 Å². The Morgan fingerprint density at radius 2 is 1.45 bits per heavy atom. The van der Waals surface area contributed by atoms with Gasteiger partial charge in [0, 0.05) is 68.2 Å². The second kappa shape index (κ2) is 43.2. The van der Waals surface area contributed by atoms with Crippen molar-refractivity contribution in [3.63, 3.8) is 0 Å². The SMILES string of the molecule is CCN(CC(=O)NCCOCCOCCNC(=O)OCC1c2ccccc2-c2ccccc21)[C@H]1CO[C@@H](O[C@H]2[C@H](O[C@H]3C#C/C=C/C#C[C@]4(O)CC(=O)C(NC(=O)OC)=C3/C4=C\CSSC(C)C)O[C@H](C)[C@@H](NO[C@H]3C[C@H](O)[C@H](SC(=O)c4c(C)c(I)c(O[C@@H]5O[C@@H](C)[C@H](O)[C@@H](OC)[C@H]5O)c(OC)c4OC)[C@@H](C)O3)[C@@H]2O)C[C@@H]1OC. The van der Waals surface area contributed by atoms with E-state index < -0.39 is 145 Å². The Balaban J connectivity index is 0.786. The molecule has 35 heteroatoms. The van der Waals surface area contributed by atoms with E-state index in [1.807, 2.05) is 72.5 Å². The summed E-state index contributed by atoms with van der Waals surface area (Å²) in [4.78, 5) is 76.5. The van der Waals surface area contributed by atoms with Gasteiger partial charge in [-0.3, -0.25) is 29.4 Å². The fourth-order valence-corrected chi connectivity index (χ4v) is 18.2. The maximum Gasteiger partial charge on any atom is 0.411 e.